The minimum absolute atomic E-state index is 0.128. The molecule has 0 bridgehead atoms. The van der Waals surface area contributed by atoms with Crippen LogP contribution in [-0.2, 0) is 0 Å². The van der Waals surface area contributed by atoms with Crippen molar-refractivity contribution in [2.24, 2.45) is 0 Å². The van der Waals surface area contributed by atoms with Gasteiger partial charge in [0.1, 0.15) is 0 Å². The lowest BCUT2D eigenvalue weighted by molar-refractivity contribution is 0.0682. The second-order valence-corrected chi connectivity index (χ2v) is 5.82. The van der Waals surface area contributed by atoms with E-state index in [-0.39, 0.29) is 12.1 Å². The molecule has 0 heterocycles. The molecule has 4 heteroatoms. The summed E-state index contributed by atoms with van der Waals surface area (Å²) in [7, 11) is 1.82. The maximum absolute atomic E-state index is 10.7. The van der Waals surface area contributed by atoms with E-state index in [1.54, 1.807) is 13.0 Å². The van der Waals surface area contributed by atoms with Crippen LogP contribution in [0.2, 0.25) is 0 Å². The van der Waals surface area contributed by atoms with Crippen LogP contribution in [0.5, 0.6) is 0 Å². The van der Waals surface area contributed by atoms with Gasteiger partial charge in [-0.2, -0.15) is 0 Å². The molecule has 1 unspecified atom stereocenters. The fraction of sp³-hybridized carbons (Fsp3) is 0.450. The van der Waals surface area contributed by atoms with Crippen LogP contribution in [0.4, 0.5) is 0 Å². The summed E-state index contributed by atoms with van der Waals surface area (Å²) < 4.78 is 0. The van der Waals surface area contributed by atoms with Gasteiger partial charge in [-0.1, -0.05) is 36.4 Å². The summed E-state index contributed by atoms with van der Waals surface area (Å²) in [5, 5.41) is 21.8. The van der Waals surface area contributed by atoms with Crippen molar-refractivity contribution in [3.8, 4) is 0 Å². The summed E-state index contributed by atoms with van der Waals surface area (Å²) in [5.74, 6) is 0. The molecule has 0 fully saturated rings. The molecular weight excluding hydrogens is 298 g/mol. The molecule has 1 aromatic rings. The maximum Gasteiger partial charge on any atom is 0.0915 e. The molecule has 0 aliphatic rings. The van der Waals surface area contributed by atoms with Crippen molar-refractivity contribution < 1.29 is 5.11 Å². The zero-order chi connectivity index (χ0) is 17.9. The first-order chi connectivity index (χ1) is 11.5. The predicted octanol–water partition coefficient (Wildman–Crippen LogP) is 3.12. The van der Waals surface area contributed by atoms with Gasteiger partial charge in [0, 0.05) is 17.8 Å². The Labute approximate surface area is 146 Å². The van der Waals surface area contributed by atoms with Gasteiger partial charge in [-0.05, 0) is 52.6 Å². The van der Waals surface area contributed by atoms with Gasteiger partial charge in [-0.25, -0.2) is 0 Å². The van der Waals surface area contributed by atoms with Crippen LogP contribution in [0.1, 0.15) is 38.8 Å². The Morgan fingerprint density at radius 3 is 2.75 bits per heavy atom. The summed E-state index contributed by atoms with van der Waals surface area (Å²) in [5.41, 5.74) is 1.41. The molecule has 0 aromatic heterocycles. The van der Waals surface area contributed by atoms with Crippen LogP contribution in [0.3, 0.4) is 0 Å². The summed E-state index contributed by atoms with van der Waals surface area (Å²) in [6.45, 7) is 6.22. The minimum atomic E-state index is -0.629. The van der Waals surface area contributed by atoms with Crippen LogP contribution in [-0.4, -0.2) is 41.5 Å². The Balaban J connectivity index is 3.22. The fourth-order valence-electron chi connectivity index (χ4n) is 2.51. The lowest BCUT2D eigenvalue weighted by Gasteiger charge is -2.38. The topological polar surface area (TPSA) is 59.4 Å². The highest BCUT2D eigenvalue weighted by Gasteiger charge is 2.29. The van der Waals surface area contributed by atoms with Gasteiger partial charge in [0.2, 0.25) is 0 Å². The van der Waals surface area contributed by atoms with E-state index >= 15 is 0 Å². The lowest BCUT2D eigenvalue weighted by atomic mass is 9.98. The molecule has 1 rings (SSSR count). The first-order valence-corrected chi connectivity index (χ1v) is 8.34. The van der Waals surface area contributed by atoms with E-state index in [1.807, 2.05) is 56.3 Å². The normalized spacial score (nSPS) is 15.2. The van der Waals surface area contributed by atoms with Gasteiger partial charge in [0.05, 0.1) is 18.2 Å². The molecule has 0 amide bonds. The summed E-state index contributed by atoms with van der Waals surface area (Å²) >= 11 is 0. The van der Waals surface area contributed by atoms with E-state index in [4.69, 9.17) is 5.41 Å². The molecule has 0 spiro atoms. The zero-order valence-electron chi connectivity index (χ0n) is 15.1. The van der Waals surface area contributed by atoms with Gasteiger partial charge in [-0.3, -0.25) is 0 Å². The third-order valence-corrected chi connectivity index (χ3v) is 3.95. The van der Waals surface area contributed by atoms with Crippen LogP contribution in [0.25, 0.3) is 0 Å². The number of aliphatic hydroxyl groups is 1. The van der Waals surface area contributed by atoms with Crippen molar-refractivity contribution in [2.45, 2.75) is 45.4 Å². The Hall–Kier alpha value is -2.09. The quantitative estimate of drug-likeness (QED) is 0.457. The van der Waals surface area contributed by atoms with Gasteiger partial charge in [0.15, 0.2) is 0 Å². The first kappa shape index (κ1) is 20.0. The minimum Gasteiger partial charge on any atom is -0.389 e. The van der Waals surface area contributed by atoms with E-state index in [2.05, 4.69) is 23.5 Å². The molecule has 3 atom stereocenters. The SMILES string of the molecule is C/C=C/C/C=C\N(C(C)C(C)=N)[C@@H](c1c#cccc1)[C@H](O)CNC. The third-order valence-electron chi connectivity index (χ3n) is 3.95. The Morgan fingerprint density at radius 1 is 1.46 bits per heavy atom. The number of likely N-dealkylation sites (N-methyl/N-ethyl adjacent to an activating group) is 1. The van der Waals surface area contributed by atoms with Gasteiger partial charge in [-0.15, -0.1) is 0 Å². The second-order valence-electron chi connectivity index (χ2n) is 5.82. The predicted molar refractivity (Wildman–Crippen MR) is 100 cm³/mol. The smallest absolute Gasteiger partial charge is 0.0915 e. The average molecular weight is 327 g/mol. The Morgan fingerprint density at radius 2 is 2.21 bits per heavy atom. The molecular formula is C20H29N3O. The highest BCUT2D eigenvalue weighted by atomic mass is 16.3. The number of allylic oxidation sites excluding steroid dienone is 3. The van der Waals surface area contributed by atoms with Gasteiger partial charge >= 0.3 is 0 Å². The van der Waals surface area contributed by atoms with Crippen molar-refractivity contribution in [1.29, 1.82) is 5.41 Å². The first-order valence-electron chi connectivity index (χ1n) is 8.34. The molecule has 0 aliphatic carbocycles. The Bertz CT molecular complexity index is 539. The summed E-state index contributed by atoms with van der Waals surface area (Å²) in [6, 6.07) is 11.3. The van der Waals surface area contributed by atoms with Gasteiger partial charge < -0.3 is 20.7 Å². The molecule has 0 saturated heterocycles. The molecule has 24 heavy (non-hydrogen) atoms. The van der Waals surface area contributed by atoms with E-state index < -0.39 is 6.10 Å². The van der Waals surface area contributed by atoms with Crippen molar-refractivity contribution in [2.75, 3.05) is 13.6 Å². The summed E-state index contributed by atoms with van der Waals surface area (Å²) in [4.78, 5) is 2.04. The summed E-state index contributed by atoms with van der Waals surface area (Å²) in [6.07, 6.45) is 8.29. The average Bonchev–Trinajstić information content (AvgIpc) is 2.57. The van der Waals surface area contributed by atoms with Crippen molar-refractivity contribution in [3.63, 3.8) is 0 Å². The third kappa shape index (κ3) is 5.84. The van der Waals surface area contributed by atoms with E-state index in [0.717, 1.165) is 12.0 Å². The fourth-order valence-corrected chi connectivity index (χ4v) is 2.51. The van der Waals surface area contributed by atoms with E-state index in [9.17, 15) is 5.11 Å². The maximum atomic E-state index is 10.7. The highest BCUT2D eigenvalue weighted by molar-refractivity contribution is 5.84. The zero-order valence-corrected chi connectivity index (χ0v) is 15.1. The molecule has 0 aliphatic heterocycles. The molecule has 4 nitrogen and oxygen atoms in total. The monoisotopic (exact) mass is 327 g/mol. The number of aliphatic hydroxyl groups excluding tert-OH is 1. The largest absolute Gasteiger partial charge is 0.389 e. The van der Waals surface area contributed by atoms with E-state index in [1.165, 1.54) is 0 Å². The molecule has 0 radical (unpaired) electrons. The van der Waals surface area contributed by atoms with E-state index in [0.29, 0.717) is 12.3 Å². The highest BCUT2D eigenvalue weighted by Crippen LogP contribution is 2.26. The van der Waals surface area contributed by atoms with Crippen molar-refractivity contribution in [1.82, 2.24) is 10.2 Å². The number of hydrogen-bond acceptors (Lipinski definition) is 4. The number of nitrogens with one attached hydrogen (secondary N) is 2. The number of nitrogens with zero attached hydrogens (tertiary/aromatic N) is 1. The number of hydrogen-bond donors (Lipinski definition) is 3. The molecule has 1 aromatic carbocycles. The molecule has 3 N–H and O–H groups in total. The molecule has 130 valence electrons. The standard InChI is InChI=1S/C20H29N3O/c1-5-6-7-11-14-23(17(3)16(2)21)20(19(24)15-22-4)18-12-9-8-10-13-18/h5-6,8-9,11-12,14,17,19-22,24H,7,15H2,1-4H3/b6-5+,14-11-,21-16?/t17?,19-,20+/m1/s1. The van der Waals surface area contributed by atoms with Crippen LogP contribution >= 0.6 is 0 Å². The van der Waals surface area contributed by atoms with Crippen LogP contribution < -0.4 is 5.32 Å². The Kier molecular flexibility index (Phi) is 8.85. The van der Waals surface area contributed by atoms with Gasteiger partial charge in [0.25, 0.3) is 0 Å². The van der Waals surface area contributed by atoms with Crippen molar-refractivity contribution in [3.05, 3.63) is 60.3 Å². The van der Waals surface area contributed by atoms with Crippen molar-refractivity contribution >= 4 is 5.71 Å². The second kappa shape index (κ2) is 10.6. The van der Waals surface area contributed by atoms with Crippen LogP contribution in [0, 0.1) is 17.5 Å². The number of rotatable bonds is 10. The van der Waals surface area contributed by atoms with Crippen LogP contribution in [0.15, 0.2) is 42.6 Å². The lowest BCUT2D eigenvalue weighted by Crippen LogP contribution is -2.44. The molecule has 0 saturated carbocycles.